The third kappa shape index (κ3) is 2.20. The Morgan fingerprint density at radius 3 is 2.53 bits per heavy atom. The molecule has 92 valence electrons. The number of nitrogens with zero attached hydrogens (tertiary/aromatic N) is 1. The van der Waals surface area contributed by atoms with E-state index >= 15 is 0 Å². The first kappa shape index (κ1) is 12.1. The van der Waals surface area contributed by atoms with Crippen molar-refractivity contribution in [2.24, 2.45) is 4.99 Å². The highest BCUT2D eigenvalue weighted by molar-refractivity contribution is 7.92. The van der Waals surface area contributed by atoms with Crippen LogP contribution in [0.3, 0.4) is 0 Å². The third-order valence-corrected chi connectivity index (χ3v) is 4.82. The summed E-state index contributed by atoms with van der Waals surface area (Å²) in [5.41, 5.74) is 1.03. The second-order valence-corrected chi connectivity index (χ2v) is 6.13. The van der Waals surface area contributed by atoms with E-state index in [0.717, 1.165) is 5.56 Å². The largest absolute Gasteiger partial charge is 0.477 e. The summed E-state index contributed by atoms with van der Waals surface area (Å²) in [6.07, 6.45) is 1.49. The molecule has 0 radical (unpaired) electrons. The van der Waals surface area contributed by atoms with Crippen LogP contribution in [0.5, 0.6) is 0 Å². The summed E-state index contributed by atoms with van der Waals surface area (Å²) in [4.78, 5) is 4.22. The fourth-order valence-electron chi connectivity index (χ4n) is 1.78. The predicted octanol–water partition coefficient (Wildman–Crippen LogP) is 1.93. The molecule has 0 saturated carbocycles. The normalized spacial score (nSPS) is 23.6. The summed E-state index contributed by atoms with van der Waals surface area (Å²) in [5, 5.41) is -0.810. The molecule has 0 N–H and O–H groups in total. The van der Waals surface area contributed by atoms with Crippen LogP contribution in [0.2, 0.25) is 0 Å². The Labute approximate surface area is 101 Å². The lowest BCUT2D eigenvalue weighted by Crippen LogP contribution is -2.29. The number of benzene rings is 1. The van der Waals surface area contributed by atoms with E-state index in [9.17, 15) is 8.42 Å². The number of ether oxygens (including phenoxy) is 1. The summed E-state index contributed by atoms with van der Waals surface area (Å²) in [6.45, 7) is 3.80. The number of hydrogen-bond acceptors (Lipinski definition) is 4. The van der Waals surface area contributed by atoms with Crippen LogP contribution in [0, 0.1) is 6.92 Å². The number of aliphatic imine (C=N–C) groups is 1. The van der Waals surface area contributed by atoms with Gasteiger partial charge in [-0.05, 0) is 25.5 Å². The van der Waals surface area contributed by atoms with Crippen molar-refractivity contribution in [3.8, 4) is 0 Å². The highest BCUT2D eigenvalue weighted by atomic mass is 32.2. The molecule has 1 aromatic rings. The van der Waals surface area contributed by atoms with Crippen molar-refractivity contribution in [1.29, 1.82) is 0 Å². The number of hydrogen-bond donors (Lipinski definition) is 0. The van der Waals surface area contributed by atoms with Crippen LogP contribution in [-0.4, -0.2) is 26.3 Å². The molecule has 2 rings (SSSR count). The van der Waals surface area contributed by atoms with E-state index in [1.54, 1.807) is 24.3 Å². The van der Waals surface area contributed by atoms with Crippen LogP contribution in [0.1, 0.15) is 18.9 Å². The molecule has 0 aliphatic carbocycles. The Hall–Kier alpha value is -1.36. The van der Waals surface area contributed by atoms with E-state index in [4.69, 9.17) is 4.74 Å². The van der Waals surface area contributed by atoms with Crippen LogP contribution in [0.15, 0.2) is 34.2 Å². The summed E-state index contributed by atoms with van der Waals surface area (Å²) in [6, 6.07) is 6.80. The van der Waals surface area contributed by atoms with Crippen LogP contribution in [-0.2, 0) is 14.6 Å². The molecule has 0 saturated heterocycles. The van der Waals surface area contributed by atoms with E-state index in [1.807, 2.05) is 13.8 Å². The zero-order valence-electron chi connectivity index (χ0n) is 9.83. The zero-order valence-corrected chi connectivity index (χ0v) is 10.6. The maximum absolute atomic E-state index is 12.3. The second-order valence-electron chi connectivity index (χ2n) is 4.09. The van der Waals surface area contributed by atoms with Gasteiger partial charge in [0.25, 0.3) is 0 Å². The Morgan fingerprint density at radius 1 is 1.29 bits per heavy atom. The van der Waals surface area contributed by atoms with Crippen molar-refractivity contribution >= 4 is 16.2 Å². The average Bonchev–Trinajstić information content (AvgIpc) is 2.78. The predicted molar refractivity (Wildman–Crippen MR) is 65.8 cm³/mol. The van der Waals surface area contributed by atoms with E-state index in [1.165, 1.54) is 6.40 Å². The first-order chi connectivity index (χ1) is 8.05. The van der Waals surface area contributed by atoms with Gasteiger partial charge in [0.1, 0.15) is 6.10 Å². The maximum Gasteiger partial charge on any atom is 0.205 e. The molecular weight excluding hydrogens is 238 g/mol. The Kier molecular flexibility index (Phi) is 3.19. The molecule has 1 unspecified atom stereocenters. The summed E-state index contributed by atoms with van der Waals surface area (Å²) in [5.74, 6) is 0. The van der Waals surface area contributed by atoms with E-state index in [0.29, 0.717) is 11.3 Å². The first-order valence-corrected chi connectivity index (χ1v) is 7.08. The molecule has 17 heavy (non-hydrogen) atoms. The Balaban J connectivity index is 2.36. The lowest BCUT2D eigenvalue weighted by molar-refractivity contribution is 0.217. The Bertz CT molecular complexity index is 519. The standard InChI is InChI=1S/C12H15NO3S/c1-3-11-12(13-8-16-11)17(14,15)10-6-4-9(2)5-7-10/h4-8,11-12H,3H2,1-2H3/t11-,12?/m0/s1. The van der Waals surface area contributed by atoms with Gasteiger partial charge in [0.05, 0.1) is 4.90 Å². The van der Waals surface area contributed by atoms with Gasteiger partial charge in [-0.3, -0.25) is 0 Å². The quantitative estimate of drug-likeness (QED) is 0.827. The van der Waals surface area contributed by atoms with Crippen molar-refractivity contribution in [2.75, 3.05) is 0 Å². The van der Waals surface area contributed by atoms with Crippen molar-refractivity contribution in [3.05, 3.63) is 29.8 Å². The molecule has 0 aromatic heterocycles. The third-order valence-electron chi connectivity index (χ3n) is 2.83. The fourth-order valence-corrected chi connectivity index (χ4v) is 3.44. The molecule has 5 heteroatoms. The summed E-state index contributed by atoms with van der Waals surface area (Å²) < 4.78 is 29.8. The molecule has 0 amide bonds. The van der Waals surface area contributed by atoms with Gasteiger partial charge >= 0.3 is 0 Å². The molecule has 1 aliphatic rings. The van der Waals surface area contributed by atoms with Gasteiger partial charge in [0.2, 0.25) is 9.84 Å². The van der Waals surface area contributed by atoms with E-state index in [2.05, 4.69) is 4.99 Å². The van der Waals surface area contributed by atoms with E-state index in [-0.39, 0.29) is 6.10 Å². The molecule has 1 heterocycles. The van der Waals surface area contributed by atoms with Gasteiger partial charge in [0.15, 0.2) is 11.8 Å². The second kappa shape index (κ2) is 4.49. The molecule has 4 nitrogen and oxygen atoms in total. The highest BCUT2D eigenvalue weighted by Crippen LogP contribution is 2.25. The molecular formula is C12H15NO3S. The van der Waals surface area contributed by atoms with Crippen molar-refractivity contribution in [2.45, 2.75) is 36.6 Å². The fraction of sp³-hybridized carbons (Fsp3) is 0.417. The van der Waals surface area contributed by atoms with Crippen molar-refractivity contribution < 1.29 is 13.2 Å². The minimum atomic E-state index is -3.44. The molecule has 0 bridgehead atoms. The molecule has 0 fully saturated rings. The minimum Gasteiger partial charge on any atom is -0.477 e. The smallest absolute Gasteiger partial charge is 0.205 e. The van der Waals surface area contributed by atoms with Gasteiger partial charge in [-0.25, -0.2) is 13.4 Å². The number of sulfone groups is 1. The average molecular weight is 253 g/mol. The zero-order chi connectivity index (χ0) is 12.5. The Morgan fingerprint density at radius 2 is 1.94 bits per heavy atom. The molecule has 1 aromatic carbocycles. The van der Waals surface area contributed by atoms with Gasteiger partial charge < -0.3 is 4.74 Å². The minimum absolute atomic E-state index is 0.300. The number of aryl methyl sites for hydroxylation is 1. The first-order valence-electron chi connectivity index (χ1n) is 5.53. The molecule has 2 atom stereocenters. The monoisotopic (exact) mass is 253 g/mol. The van der Waals surface area contributed by atoms with Gasteiger partial charge in [-0.2, -0.15) is 0 Å². The topological polar surface area (TPSA) is 55.7 Å². The number of rotatable bonds is 3. The van der Waals surface area contributed by atoms with Gasteiger partial charge in [0, 0.05) is 0 Å². The maximum atomic E-state index is 12.3. The van der Waals surface area contributed by atoms with E-state index < -0.39 is 15.2 Å². The van der Waals surface area contributed by atoms with Gasteiger partial charge in [-0.15, -0.1) is 0 Å². The molecule has 1 aliphatic heterocycles. The van der Waals surface area contributed by atoms with Crippen LogP contribution in [0.4, 0.5) is 0 Å². The van der Waals surface area contributed by atoms with Gasteiger partial charge in [-0.1, -0.05) is 24.6 Å². The summed E-state index contributed by atoms with van der Waals surface area (Å²) in [7, 11) is -3.44. The summed E-state index contributed by atoms with van der Waals surface area (Å²) >= 11 is 0. The highest BCUT2D eigenvalue weighted by Gasteiger charge is 2.37. The SMILES string of the molecule is CC[C@@H]1OC=NC1S(=O)(=O)c1ccc(C)cc1. The van der Waals surface area contributed by atoms with Crippen LogP contribution in [0.25, 0.3) is 0 Å². The lowest BCUT2D eigenvalue weighted by atomic mass is 10.2. The lowest BCUT2D eigenvalue weighted by Gasteiger charge is -2.15. The van der Waals surface area contributed by atoms with Crippen LogP contribution >= 0.6 is 0 Å². The van der Waals surface area contributed by atoms with Crippen LogP contribution < -0.4 is 0 Å². The van der Waals surface area contributed by atoms with Crippen molar-refractivity contribution in [3.63, 3.8) is 0 Å². The van der Waals surface area contributed by atoms with Crippen molar-refractivity contribution in [1.82, 2.24) is 0 Å². The molecule has 0 spiro atoms.